The van der Waals surface area contributed by atoms with E-state index < -0.39 is 0 Å². The van der Waals surface area contributed by atoms with Crippen LogP contribution >= 0.6 is 0 Å². The number of carbonyl (C=O) groups excluding carboxylic acids is 1. The maximum Gasteiger partial charge on any atom is 0.302 e. The number of ether oxygens (including phenoxy) is 1. The summed E-state index contributed by atoms with van der Waals surface area (Å²) in [6.45, 7) is 1.57. The minimum absolute atomic E-state index is 0.209. The Kier molecular flexibility index (Phi) is 4.33. The lowest BCUT2D eigenvalue weighted by Crippen LogP contribution is -1.98. The van der Waals surface area contributed by atoms with E-state index in [0.717, 1.165) is 11.1 Å². The maximum absolute atomic E-state index is 10.8. The first kappa shape index (κ1) is 14.3. The standard InChI is InChI=1S/C17H12N2O2/c1-12(20)21-11-13-5-7-14(8-6-13)17-15(9-18)3-2-4-16(17)10-19/h2-8H,11H2,1H3. The van der Waals surface area contributed by atoms with Crippen LogP contribution in [0.1, 0.15) is 23.6 Å². The highest BCUT2D eigenvalue weighted by molar-refractivity contribution is 5.76. The Labute approximate surface area is 122 Å². The molecule has 0 atom stereocenters. The molecule has 102 valence electrons. The Bertz CT molecular complexity index is 718. The smallest absolute Gasteiger partial charge is 0.302 e. The Morgan fingerprint density at radius 3 is 2.10 bits per heavy atom. The summed E-state index contributed by atoms with van der Waals surface area (Å²) in [4.78, 5) is 10.8. The Morgan fingerprint density at radius 1 is 1.05 bits per heavy atom. The number of benzene rings is 2. The number of nitriles is 2. The molecule has 0 radical (unpaired) electrons. The molecule has 0 saturated carbocycles. The molecule has 0 aliphatic carbocycles. The van der Waals surface area contributed by atoms with E-state index in [-0.39, 0.29) is 12.6 Å². The molecule has 0 heterocycles. The Morgan fingerprint density at radius 2 is 1.62 bits per heavy atom. The van der Waals surface area contributed by atoms with Gasteiger partial charge >= 0.3 is 5.97 Å². The van der Waals surface area contributed by atoms with Gasteiger partial charge in [0, 0.05) is 12.5 Å². The zero-order chi connectivity index (χ0) is 15.2. The van der Waals surface area contributed by atoms with Gasteiger partial charge in [0.1, 0.15) is 6.61 Å². The van der Waals surface area contributed by atoms with E-state index in [4.69, 9.17) is 4.74 Å². The fourth-order valence-corrected chi connectivity index (χ4v) is 2.00. The van der Waals surface area contributed by atoms with E-state index in [0.29, 0.717) is 16.7 Å². The maximum atomic E-state index is 10.8. The third-order valence-electron chi connectivity index (χ3n) is 2.99. The van der Waals surface area contributed by atoms with Crippen molar-refractivity contribution in [3.05, 3.63) is 59.2 Å². The first-order chi connectivity index (χ1) is 10.2. The van der Waals surface area contributed by atoms with Crippen LogP contribution in [0.3, 0.4) is 0 Å². The molecular formula is C17H12N2O2. The number of carbonyl (C=O) groups is 1. The Hall–Kier alpha value is -3.11. The van der Waals surface area contributed by atoms with E-state index in [2.05, 4.69) is 12.1 Å². The second-order valence-corrected chi connectivity index (χ2v) is 4.43. The number of rotatable bonds is 3. The van der Waals surface area contributed by atoms with Gasteiger partial charge in [0.05, 0.1) is 23.3 Å². The molecule has 0 bridgehead atoms. The van der Waals surface area contributed by atoms with Gasteiger partial charge in [-0.15, -0.1) is 0 Å². The molecule has 2 rings (SSSR count). The van der Waals surface area contributed by atoms with Crippen LogP contribution in [0, 0.1) is 22.7 Å². The van der Waals surface area contributed by atoms with Crippen LogP contribution in [0.4, 0.5) is 0 Å². The molecule has 2 aromatic rings. The average Bonchev–Trinajstić information content (AvgIpc) is 2.52. The second-order valence-electron chi connectivity index (χ2n) is 4.43. The molecule has 0 aliphatic rings. The number of nitrogens with zero attached hydrogens (tertiary/aromatic N) is 2. The summed E-state index contributed by atoms with van der Waals surface area (Å²) in [6.07, 6.45) is 0. The predicted molar refractivity (Wildman–Crippen MR) is 76.8 cm³/mol. The van der Waals surface area contributed by atoms with Crippen LogP contribution in [0.15, 0.2) is 42.5 Å². The first-order valence-corrected chi connectivity index (χ1v) is 6.31. The van der Waals surface area contributed by atoms with Gasteiger partial charge in [0.15, 0.2) is 0 Å². The second kappa shape index (κ2) is 6.36. The molecule has 0 aliphatic heterocycles. The molecule has 0 spiro atoms. The van der Waals surface area contributed by atoms with Crippen molar-refractivity contribution in [2.75, 3.05) is 0 Å². The summed E-state index contributed by atoms with van der Waals surface area (Å²) >= 11 is 0. The molecule has 4 nitrogen and oxygen atoms in total. The lowest BCUT2D eigenvalue weighted by atomic mass is 9.95. The van der Waals surface area contributed by atoms with Gasteiger partial charge in [-0.2, -0.15) is 10.5 Å². The van der Waals surface area contributed by atoms with Gasteiger partial charge in [0.2, 0.25) is 0 Å². The van der Waals surface area contributed by atoms with Gasteiger partial charge in [-0.05, 0) is 23.3 Å². The highest BCUT2D eigenvalue weighted by Crippen LogP contribution is 2.27. The number of hydrogen-bond donors (Lipinski definition) is 0. The summed E-state index contributed by atoms with van der Waals surface area (Å²) in [6, 6.07) is 16.5. The first-order valence-electron chi connectivity index (χ1n) is 6.31. The summed E-state index contributed by atoms with van der Waals surface area (Å²) in [5.74, 6) is -0.333. The summed E-state index contributed by atoms with van der Waals surface area (Å²) in [7, 11) is 0. The van der Waals surface area contributed by atoms with E-state index in [9.17, 15) is 15.3 Å². The predicted octanol–water partition coefficient (Wildman–Crippen LogP) is 3.16. The molecule has 2 aromatic carbocycles. The van der Waals surface area contributed by atoms with Crippen LogP contribution in [0.25, 0.3) is 11.1 Å². The Balaban J connectivity index is 2.38. The highest BCUT2D eigenvalue weighted by atomic mass is 16.5. The van der Waals surface area contributed by atoms with Crippen LogP contribution in [0.2, 0.25) is 0 Å². The van der Waals surface area contributed by atoms with Crippen molar-refractivity contribution in [2.24, 2.45) is 0 Å². The van der Waals surface area contributed by atoms with Crippen LogP contribution in [-0.2, 0) is 16.1 Å². The van der Waals surface area contributed by atoms with Gasteiger partial charge in [-0.25, -0.2) is 0 Å². The molecule has 21 heavy (non-hydrogen) atoms. The fraction of sp³-hybridized carbons (Fsp3) is 0.118. The minimum atomic E-state index is -0.333. The zero-order valence-corrected chi connectivity index (χ0v) is 11.5. The number of hydrogen-bond acceptors (Lipinski definition) is 4. The molecule has 0 fully saturated rings. The van der Waals surface area contributed by atoms with Gasteiger partial charge in [-0.1, -0.05) is 30.3 Å². The average molecular weight is 276 g/mol. The lowest BCUT2D eigenvalue weighted by molar-refractivity contribution is -0.142. The van der Waals surface area contributed by atoms with Crippen molar-refractivity contribution < 1.29 is 9.53 Å². The minimum Gasteiger partial charge on any atom is -0.461 e. The zero-order valence-electron chi connectivity index (χ0n) is 11.5. The number of esters is 1. The molecule has 0 N–H and O–H groups in total. The van der Waals surface area contributed by atoms with Crippen LogP contribution in [-0.4, -0.2) is 5.97 Å². The quantitative estimate of drug-likeness (QED) is 0.807. The molecular weight excluding hydrogens is 264 g/mol. The monoisotopic (exact) mass is 276 g/mol. The van der Waals surface area contributed by atoms with E-state index >= 15 is 0 Å². The third-order valence-corrected chi connectivity index (χ3v) is 2.99. The largest absolute Gasteiger partial charge is 0.461 e. The van der Waals surface area contributed by atoms with E-state index in [1.807, 2.05) is 24.3 Å². The fourth-order valence-electron chi connectivity index (χ4n) is 2.00. The van der Waals surface area contributed by atoms with Gasteiger partial charge < -0.3 is 4.74 Å². The molecule has 0 amide bonds. The van der Waals surface area contributed by atoms with E-state index in [1.165, 1.54) is 6.92 Å². The van der Waals surface area contributed by atoms with Crippen molar-refractivity contribution in [3.63, 3.8) is 0 Å². The van der Waals surface area contributed by atoms with Crippen molar-refractivity contribution >= 4 is 5.97 Å². The molecule has 0 aromatic heterocycles. The van der Waals surface area contributed by atoms with Gasteiger partial charge in [-0.3, -0.25) is 4.79 Å². The lowest BCUT2D eigenvalue weighted by Gasteiger charge is -2.08. The van der Waals surface area contributed by atoms with E-state index in [1.54, 1.807) is 18.2 Å². The van der Waals surface area contributed by atoms with Crippen molar-refractivity contribution in [2.45, 2.75) is 13.5 Å². The SMILES string of the molecule is CC(=O)OCc1ccc(-c2c(C#N)cccc2C#N)cc1. The summed E-state index contributed by atoms with van der Waals surface area (Å²) in [5.41, 5.74) is 3.18. The summed E-state index contributed by atoms with van der Waals surface area (Å²) < 4.78 is 4.92. The van der Waals surface area contributed by atoms with Crippen molar-refractivity contribution in [3.8, 4) is 23.3 Å². The van der Waals surface area contributed by atoms with Crippen LogP contribution < -0.4 is 0 Å². The van der Waals surface area contributed by atoms with Gasteiger partial charge in [0.25, 0.3) is 0 Å². The van der Waals surface area contributed by atoms with Crippen molar-refractivity contribution in [1.29, 1.82) is 10.5 Å². The topological polar surface area (TPSA) is 73.9 Å². The summed E-state index contributed by atoms with van der Waals surface area (Å²) in [5, 5.41) is 18.4. The highest BCUT2D eigenvalue weighted by Gasteiger charge is 2.10. The van der Waals surface area contributed by atoms with Crippen LogP contribution in [0.5, 0.6) is 0 Å². The third kappa shape index (κ3) is 3.26. The molecule has 0 saturated heterocycles. The molecule has 0 unspecified atom stereocenters. The normalized spacial score (nSPS) is 9.48. The van der Waals surface area contributed by atoms with Crippen molar-refractivity contribution in [1.82, 2.24) is 0 Å². The molecule has 4 heteroatoms.